The highest BCUT2D eigenvalue weighted by atomic mass is 16.7. The van der Waals surface area contributed by atoms with Crippen molar-refractivity contribution in [2.24, 2.45) is 0 Å². The van der Waals surface area contributed by atoms with Crippen molar-refractivity contribution in [3.63, 3.8) is 0 Å². The summed E-state index contributed by atoms with van der Waals surface area (Å²) in [6.45, 7) is 0. The topological polar surface area (TPSA) is 55.8 Å². The number of carboxylic acid groups (broad SMARTS) is 1. The van der Waals surface area contributed by atoms with Gasteiger partial charge in [-0.2, -0.15) is 0 Å². The third-order valence-electron chi connectivity index (χ3n) is 4.82. The number of aliphatic carboxylic acids is 1. The number of ether oxygens (including phenoxy) is 2. The Kier molecular flexibility index (Phi) is 5.69. The minimum absolute atomic E-state index is 0.0289. The summed E-state index contributed by atoms with van der Waals surface area (Å²) in [4.78, 5) is 11.1. The summed E-state index contributed by atoms with van der Waals surface area (Å²) in [6, 6.07) is 10.2. The van der Waals surface area contributed by atoms with Crippen LogP contribution in [-0.2, 0) is 14.3 Å². The zero-order chi connectivity index (χ0) is 16.8. The molecule has 1 heterocycles. The van der Waals surface area contributed by atoms with Gasteiger partial charge < -0.3 is 14.6 Å². The van der Waals surface area contributed by atoms with Crippen molar-refractivity contribution < 1.29 is 19.4 Å². The molecule has 1 saturated heterocycles. The minimum Gasteiger partial charge on any atom is -0.481 e. The Morgan fingerprint density at radius 1 is 1.12 bits per heavy atom. The van der Waals surface area contributed by atoms with Gasteiger partial charge in [0.25, 0.3) is 0 Å². The average molecular weight is 330 g/mol. The standard InChI is InChI=1S/C20H26O4/c21-19(22)15-18-14-17(11-7-10-16-8-3-1-4-9-16)23-20(24-18)12-5-2-6-13-20/h1,3-4,7-10,17-18H,2,5-6,11-15H2,(H,21,22)/b10-7+. The summed E-state index contributed by atoms with van der Waals surface area (Å²) in [5, 5.41) is 9.13. The van der Waals surface area contributed by atoms with E-state index in [2.05, 4.69) is 24.3 Å². The molecule has 1 aliphatic carbocycles. The summed E-state index contributed by atoms with van der Waals surface area (Å²) < 4.78 is 12.4. The van der Waals surface area contributed by atoms with Gasteiger partial charge >= 0.3 is 5.97 Å². The summed E-state index contributed by atoms with van der Waals surface area (Å²) in [5.74, 6) is -1.35. The van der Waals surface area contributed by atoms with E-state index in [-0.39, 0.29) is 18.6 Å². The Bertz CT molecular complexity index is 560. The third kappa shape index (κ3) is 4.68. The molecule has 0 radical (unpaired) electrons. The van der Waals surface area contributed by atoms with E-state index < -0.39 is 11.8 Å². The van der Waals surface area contributed by atoms with Gasteiger partial charge in [-0.3, -0.25) is 4.79 Å². The fourth-order valence-electron chi connectivity index (χ4n) is 3.74. The highest BCUT2D eigenvalue weighted by Crippen LogP contribution is 2.40. The molecule has 2 unspecified atom stereocenters. The fraction of sp³-hybridized carbons (Fsp3) is 0.550. The van der Waals surface area contributed by atoms with Gasteiger partial charge in [-0.25, -0.2) is 0 Å². The molecule has 2 atom stereocenters. The molecule has 1 spiro atoms. The van der Waals surface area contributed by atoms with Crippen molar-refractivity contribution in [2.45, 2.75) is 69.4 Å². The largest absolute Gasteiger partial charge is 0.481 e. The summed E-state index contributed by atoms with van der Waals surface area (Å²) in [5.41, 5.74) is 1.17. The van der Waals surface area contributed by atoms with Gasteiger partial charge in [0, 0.05) is 19.3 Å². The Labute approximate surface area is 143 Å². The van der Waals surface area contributed by atoms with Crippen LogP contribution in [-0.4, -0.2) is 29.1 Å². The molecule has 1 aliphatic heterocycles. The van der Waals surface area contributed by atoms with Crippen LogP contribution in [0.2, 0.25) is 0 Å². The number of rotatable bonds is 5. The monoisotopic (exact) mass is 330 g/mol. The Morgan fingerprint density at radius 3 is 2.54 bits per heavy atom. The molecule has 2 aliphatic rings. The second-order valence-electron chi connectivity index (χ2n) is 6.83. The van der Waals surface area contributed by atoms with Crippen LogP contribution < -0.4 is 0 Å². The van der Waals surface area contributed by atoms with Gasteiger partial charge in [0.15, 0.2) is 5.79 Å². The second kappa shape index (κ2) is 7.95. The molecule has 1 aromatic carbocycles. The predicted molar refractivity (Wildman–Crippen MR) is 92.5 cm³/mol. The number of carbonyl (C=O) groups is 1. The van der Waals surface area contributed by atoms with Crippen LogP contribution in [0.5, 0.6) is 0 Å². The summed E-state index contributed by atoms with van der Waals surface area (Å²) in [6.07, 6.45) is 10.6. The first kappa shape index (κ1) is 17.2. The van der Waals surface area contributed by atoms with Crippen molar-refractivity contribution >= 4 is 12.0 Å². The van der Waals surface area contributed by atoms with Crippen LogP contribution in [0.25, 0.3) is 6.08 Å². The number of benzene rings is 1. The van der Waals surface area contributed by atoms with Gasteiger partial charge in [-0.05, 0) is 24.8 Å². The molecule has 4 nitrogen and oxygen atoms in total. The normalized spacial score (nSPS) is 26.7. The molecule has 1 N–H and O–H groups in total. The molecule has 3 rings (SSSR count). The Hall–Kier alpha value is -1.65. The van der Waals surface area contributed by atoms with E-state index in [0.717, 1.165) is 32.1 Å². The third-order valence-corrected chi connectivity index (χ3v) is 4.82. The maximum atomic E-state index is 11.1. The van der Waals surface area contributed by atoms with Gasteiger partial charge in [0.2, 0.25) is 0 Å². The molecule has 4 heteroatoms. The van der Waals surface area contributed by atoms with Crippen molar-refractivity contribution in [1.29, 1.82) is 0 Å². The molecule has 24 heavy (non-hydrogen) atoms. The van der Waals surface area contributed by atoms with Gasteiger partial charge in [-0.15, -0.1) is 0 Å². The van der Waals surface area contributed by atoms with Crippen molar-refractivity contribution in [3.05, 3.63) is 42.0 Å². The number of hydrogen-bond donors (Lipinski definition) is 1. The van der Waals surface area contributed by atoms with Crippen molar-refractivity contribution in [1.82, 2.24) is 0 Å². The maximum absolute atomic E-state index is 11.1. The first-order chi connectivity index (χ1) is 11.7. The van der Waals surface area contributed by atoms with E-state index in [4.69, 9.17) is 14.6 Å². The minimum atomic E-state index is -0.800. The molecule has 2 fully saturated rings. The molecular weight excluding hydrogens is 304 g/mol. The smallest absolute Gasteiger partial charge is 0.305 e. The molecule has 1 saturated carbocycles. The van der Waals surface area contributed by atoms with E-state index in [9.17, 15) is 4.79 Å². The number of carboxylic acids is 1. The Balaban J connectivity index is 1.64. The molecule has 0 amide bonds. The van der Waals surface area contributed by atoms with Gasteiger partial charge in [-0.1, -0.05) is 48.9 Å². The van der Waals surface area contributed by atoms with Crippen LogP contribution in [0.15, 0.2) is 36.4 Å². The lowest BCUT2D eigenvalue weighted by molar-refractivity contribution is -0.327. The molecular formula is C20H26O4. The Morgan fingerprint density at radius 2 is 1.83 bits per heavy atom. The number of hydrogen-bond acceptors (Lipinski definition) is 3. The zero-order valence-electron chi connectivity index (χ0n) is 14.0. The van der Waals surface area contributed by atoms with E-state index in [1.165, 1.54) is 12.0 Å². The fourth-order valence-corrected chi connectivity index (χ4v) is 3.74. The van der Waals surface area contributed by atoms with Crippen molar-refractivity contribution in [3.8, 4) is 0 Å². The molecule has 0 bridgehead atoms. The second-order valence-corrected chi connectivity index (χ2v) is 6.83. The van der Waals surface area contributed by atoms with E-state index in [1.54, 1.807) is 0 Å². The van der Waals surface area contributed by atoms with Gasteiger partial charge in [0.05, 0.1) is 18.6 Å². The van der Waals surface area contributed by atoms with Crippen LogP contribution in [0.1, 0.15) is 56.9 Å². The van der Waals surface area contributed by atoms with Crippen molar-refractivity contribution in [2.75, 3.05) is 0 Å². The predicted octanol–water partition coefficient (Wildman–Crippen LogP) is 4.40. The van der Waals surface area contributed by atoms with Crippen LogP contribution in [0.4, 0.5) is 0 Å². The van der Waals surface area contributed by atoms with Crippen LogP contribution >= 0.6 is 0 Å². The SMILES string of the molecule is O=C(O)CC1CC(C/C=C/c2ccccc2)OC2(CCCCC2)O1. The zero-order valence-corrected chi connectivity index (χ0v) is 14.0. The van der Waals surface area contributed by atoms with E-state index in [0.29, 0.717) is 6.42 Å². The highest BCUT2D eigenvalue weighted by Gasteiger charge is 2.43. The lowest BCUT2D eigenvalue weighted by Gasteiger charge is -2.46. The van der Waals surface area contributed by atoms with E-state index in [1.807, 2.05) is 18.2 Å². The summed E-state index contributed by atoms with van der Waals surface area (Å²) >= 11 is 0. The van der Waals surface area contributed by atoms with Crippen LogP contribution in [0.3, 0.4) is 0 Å². The average Bonchev–Trinajstić information content (AvgIpc) is 2.55. The molecule has 130 valence electrons. The quantitative estimate of drug-likeness (QED) is 0.869. The summed E-state index contributed by atoms with van der Waals surface area (Å²) in [7, 11) is 0. The lowest BCUT2D eigenvalue weighted by atomic mass is 9.91. The molecule has 0 aromatic heterocycles. The van der Waals surface area contributed by atoms with Crippen LogP contribution in [0, 0.1) is 0 Å². The molecule has 1 aromatic rings. The lowest BCUT2D eigenvalue weighted by Crippen LogP contribution is -2.50. The first-order valence-corrected chi connectivity index (χ1v) is 8.94. The first-order valence-electron chi connectivity index (χ1n) is 8.94. The van der Waals surface area contributed by atoms with E-state index >= 15 is 0 Å². The maximum Gasteiger partial charge on any atom is 0.305 e. The highest BCUT2D eigenvalue weighted by molar-refractivity contribution is 5.67. The van der Waals surface area contributed by atoms with Gasteiger partial charge in [0.1, 0.15) is 0 Å².